The average molecular weight is 256 g/mol. The predicted molar refractivity (Wildman–Crippen MR) is 78.0 cm³/mol. The highest BCUT2D eigenvalue weighted by atomic mass is 16.5. The third-order valence-electron chi connectivity index (χ3n) is 3.18. The lowest BCUT2D eigenvalue weighted by Gasteiger charge is -2.15. The second kappa shape index (κ2) is 6.28. The van der Waals surface area contributed by atoms with Gasteiger partial charge in [0.1, 0.15) is 5.75 Å². The van der Waals surface area contributed by atoms with Crippen LogP contribution in [0.3, 0.4) is 0 Å². The number of hydrogen-bond acceptors (Lipinski definition) is 2. The highest BCUT2D eigenvalue weighted by molar-refractivity contribution is 5.52. The Labute approximate surface area is 114 Å². The quantitative estimate of drug-likeness (QED) is 0.840. The number of benzene rings is 2. The molecule has 0 spiro atoms. The molecule has 0 aliphatic carbocycles. The van der Waals surface area contributed by atoms with Crippen LogP contribution in [0, 0.1) is 0 Å². The molecular formula is C17H20O2. The second-order valence-electron chi connectivity index (χ2n) is 4.57. The minimum atomic E-state index is 0.213. The van der Waals surface area contributed by atoms with Gasteiger partial charge in [-0.1, -0.05) is 44.5 Å². The molecule has 2 heteroatoms. The minimum Gasteiger partial charge on any atom is -0.504 e. The molecule has 2 aromatic carbocycles. The molecule has 19 heavy (non-hydrogen) atoms. The smallest absolute Gasteiger partial charge is 0.172 e. The van der Waals surface area contributed by atoms with Crippen LogP contribution in [-0.4, -0.2) is 5.11 Å². The third-order valence-corrected chi connectivity index (χ3v) is 3.18. The molecule has 0 fully saturated rings. The summed E-state index contributed by atoms with van der Waals surface area (Å²) in [4.78, 5) is 0. The van der Waals surface area contributed by atoms with Crippen LogP contribution in [0.15, 0.2) is 42.5 Å². The van der Waals surface area contributed by atoms with Crippen molar-refractivity contribution in [3.8, 4) is 17.2 Å². The zero-order chi connectivity index (χ0) is 13.7. The molecule has 2 aromatic rings. The van der Waals surface area contributed by atoms with Gasteiger partial charge in [0, 0.05) is 5.56 Å². The van der Waals surface area contributed by atoms with E-state index < -0.39 is 0 Å². The van der Waals surface area contributed by atoms with E-state index in [0.29, 0.717) is 5.75 Å². The maximum atomic E-state index is 10.1. The molecular weight excluding hydrogens is 236 g/mol. The minimum absolute atomic E-state index is 0.213. The molecule has 0 bridgehead atoms. The summed E-state index contributed by atoms with van der Waals surface area (Å²) in [7, 11) is 0. The number of phenolic OH excluding ortho intramolecular Hbond substituents is 1. The van der Waals surface area contributed by atoms with E-state index in [2.05, 4.69) is 13.8 Å². The van der Waals surface area contributed by atoms with E-state index in [4.69, 9.17) is 4.74 Å². The van der Waals surface area contributed by atoms with Crippen molar-refractivity contribution in [2.24, 2.45) is 0 Å². The fraction of sp³-hybridized carbons (Fsp3) is 0.294. The van der Waals surface area contributed by atoms with Gasteiger partial charge in [0.25, 0.3) is 0 Å². The second-order valence-corrected chi connectivity index (χ2v) is 4.57. The molecule has 0 heterocycles. The van der Waals surface area contributed by atoms with Gasteiger partial charge in [-0.15, -0.1) is 0 Å². The highest BCUT2D eigenvalue weighted by Gasteiger charge is 2.13. The number of rotatable bonds is 5. The number of hydrogen-bond donors (Lipinski definition) is 1. The van der Waals surface area contributed by atoms with Crippen LogP contribution >= 0.6 is 0 Å². The Morgan fingerprint density at radius 2 is 1.74 bits per heavy atom. The van der Waals surface area contributed by atoms with Gasteiger partial charge in [0.2, 0.25) is 0 Å². The first-order valence-corrected chi connectivity index (χ1v) is 6.82. The molecule has 0 aliphatic heterocycles. The first kappa shape index (κ1) is 13.5. The van der Waals surface area contributed by atoms with Crippen LogP contribution in [-0.2, 0) is 12.8 Å². The summed E-state index contributed by atoms with van der Waals surface area (Å²) in [6, 6.07) is 13.3. The first-order valence-electron chi connectivity index (χ1n) is 6.82. The van der Waals surface area contributed by atoms with Gasteiger partial charge in [-0.3, -0.25) is 0 Å². The number of para-hydroxylation sites is 1. The van der Waals surface area contributed by atoms with Gasteiger partial charge in [-0.05, 0) is 36.6 Å². The monoisotopic (exact) mass is 256 g/mol. The van der Waals surface area contributed by atoms with Crippen molar-refractivity contribution in [2.45, 2.75) is 33.1 Å². The van der Waals surface area contributed by atoms with Crippen LogP contribution in [0.5, 0.6) is 17.2 Å². The van der Waals surface area contributed by atoms with Crippen LogP contribution < -0.4 is 4.74 Å². The van der Waals surface area contributed by atoms with E-state index in [0.717, 1.165) is 30.6 Å². The molecule has 2 nitrogen and oxygen atoms in total. The fourth-order valence-electron chi connectivity index (χ4n) is 2.23. The summed E-state index contributed by atoms with van der Waals surface area (Å²) < 4.78 is 5.89. The average Bonchev–Trinajstić information content (AvgIpc) is 2.44. The largest absolute Gasteiger partial charge is 0.504 e. The van der Waals surface area contributed by atoms with Crippen LogP contribution in [0.1, 0.15) is 31.4 Å². The van der Waals surface area contributed by atoms with Crippen molar-refractivity contribution < 1.29 is 9.84 Å². The Morgan fingerprint density at radius 1 is 1.00 bits per heavy atom. The molecule has 0 amide bonds. The van der Waals surface area contributed by atoms with Crippen molar-refractivity contribution in [3.05, 3.63) is 53.6 Å². The number of aromatic hydroxyl groups is 1. The zero-order valence-corrected chi connectivity index (χ0v) is 11.5. The van der Waals surface area contributed by atoms with Crippen molar-refractivity contribution in [1.82, 2.24) is 0 Å². The van der Waals surface area contributed by atoms with Crippen molar-refractivity contribution in [3.63, 3.8) is 0 Å². The first-order chi connectivity index (χ1) is 9.26. The molecule has 100 valence electrons. The van der Waals surface area contributed by atoms with Crippen LogP contribution in [0.4, 0.5) is 0 Å². The van der Waals surface area contributed by atoms with Crippen LogP contribution in [0.2, 0.25) is 0 Å². The van der Waals surface area contributed by atoms with Gasteiger partial charge < -0.3 is 9.84 Å². The van der Waals surface area contributed by atoms with Crippen molar-refractivity contribution >= 4 is 0 Å². The highest BCUT2D eigenvalue weighted by Crippen LogP contribution is 2.37. The van der Waals surface area contributed by atoms with E-state index in [1.165, 1.54) is 5.56 Å². The summed E-state index contributed by atoms with van der Waals surface area (Å²) in [6.07, 6.45) is 2.89. The molecule has 0 aliphatic rings. The van der Waals surface area contributed by atoms with Gasteiger partial charge in [-0.25, -0.2) is 0 Å². The van der Waals surface area contributed by atoms with Crippen LogP contribution in [0.25, 0.3) is 0 Å². The summed E-state index contributed by atoms with van der Waals surface area (Å²) in [5.41, 5.74) is 2.36. The SMILES string of the molecule is CCCc1c(CC)ccc(O)c1Oc1ccccc1. The third kappa shape index (κ3) is 3.08. The molecule has 0 saturated heterocycles. The lowest BCUT2D eigenvalue weighted by atomic mass is 9.99. The summed E-state index contributed by atoms with van der Waals surface area (Å²) >= 11 is 0. The van der Waals surface area contributed by atoms with Crippen molar-refractivity contribution in [1.29, 1.82) is 0 Å². The van der Waals surface area contributed by atoms with Gasteiger partial charge in [-0.2, -0.15) is 0 Å². The van der Waals surface area contributed by atoms with E-state index in [1.807, 2.05) is 36.4 Å². The Morgan fingerprint density at radius 3 is 2.37 bits per heavy atom. The normalized spacial score (nSPS) is 10.4. The van der Waals surface area contributed by atoms with E-state index in [-0.39, 0.29) is 5.75 Å². The van der Waals surface area contributed by atoms with E-state index in [9.17, 15) is 5.11 Å². The number of ether oxygens (including phenoxy) is 1. The predicted octanol–water partition coefficient (Wildman–Crippen LogP) is 4.70. The van der Waals surface area contributed by atoms with Gasteiger partial charge >= 0.3 is 0 Å². The number of aryl methyl sites for hydroxylation is 1. The lowest BCUT2D eigenvalue weighted by Crippen LogP contribution is -1.97. The zero-order valence-electron chi connectivity index (χ0n) is 11.5. The Bertz CT molecular complexity index is 532. The molecule has 0 unspecified atom stereocenters. The summed E-state index contributed by atoms with van der Waals surface area (Å²) in [5, 5.41) is 10.1. The maximum Gasteiger partial charge on any atom is 0.172 e. The maximum absolute atomic E-state index is 10.1. The molecule has 0 aromatic heterocycles. The Kier molecular flexibility index (Phi) is 4.45. The van der Waals surface area contributed by atoms with Crippen molar-refractivity contribution in [2.75, 3.05) is 0 Å². The Balaban J connectivity index is 2.42. The summed E-state index contributed by atoms with van der Waals surface area (Å²) in [5.74, 6) is 1.57. The molecule has 0 radical (unpaired) electrons. The standard InChI is InChI=1S/C17H20O2/c1-3-8-15-13(4-2)11-12-16(18)17(15)19-14-9-6-5-7-10-14/h5-7,9-12,18H,3-4,8H2,1-2H3. The summed E-state index contributed by atoms with van der Waals surface area (Å²) in [6.45, 7) is 4.26. The fourth-order valence-corrected chi connectivity index (χ4v) is 2.23. The van der Waals surface area contributed by atoms with E-state index >= 15 is 0 Å². The van der Waals surface area contributed by atoms with E-state index in [1.54, 1.807) is 6.07 Å². The number of phenols is 1. The molecule has 0 atom stereocenters. The molecule has 0 saturated carbocycles. The molecule has 1 N–H and O–H groups in total. The molecule has 2 rings (SSSR count). The lowest BCUT2D eigenvalue weighted by molar-refractivity contribution is 0.406. The topological polar surface area (TPSA) is 29.5 Å². The Hall–Kier alpha value is -1.96. The van der Waals surface area contributed by atoms with Gasteiger partial charge in [0.05, 0.1) is 0 Å². The van der Waals surface area contributed by atoms with Gasteiger partial charge in [0.15, 0.2) is 11.5 Å².